The molecule has 1 aromatic carbocycles. The molecule has 0 fully saturated rings. The van der Waals surface area contributed by atoms with Gasteiger partial charge in [-0.05, 0) is 40.8 Å². The molecule has 0 unspecified atom stereocenters. The van der Waals surface area contributed by atoms with Gasteiger partial charge in [-0.1, -0.05) is 82.6 Å². The summed E-state index contributed by atoms with van der Waals surface area (Å²) in [6.07, 6.45) is 14.2. The van der Waals surface area contributed by atoms with Crippen molar-refractivity contribution in [3.63, 3.8) is 0 Å². The minimum atomic E-state index is 1.09. The van der Waals surface area contributed by atoms with Crippen LogP contribution in [0.3, 0.4) is 0 Å². The molecule has 0 amide bonds. The summed E-state index contributed by atoms with van der Waals surface area (Å²) in [7, 11) is 4.75. The van der Waals surface area contributed by atoms with Gasteiger partial charge in [0.25, 0.3) is 0 Å². The summed E-state index contributed by atoms with van der Waals surface area (Å²) in [5, 5.41) is 4.37. The number of unbranched alkanes of at least 4 members (excludes halogenated alkanes) is 9. The van der Waals surface area contributed by atoms with Gasteiger partial charge in [-0.3, -0.25) is 0 Å². The van der Waals surface area contributed by atoms with Crippen LogP contribution in [-0.4, -0.2) is 25.1 Å². The molecule has 0 aliphatic carbocycles. The van der Waals surface area contributed by atoms with E-state index >= 15 is 0 Å². The number of hydrogen-bond acceptors (Lipinski definition) is 1. The lowest BCUT2D eigenvalue weighted by Crippen LogP contribution is -2.39. The van der Waals surface area contributed by atoms with E-state index in [-0.39, 0.29) is 0 Å². The van der Waals surface area contributed by atoms with Crippen molar-refractivity contribution >= 4 is 11.3 Å². The largest absolute Gasteiger partial charge is 0.325 e. The maximum absolute atomic E-state index is 2.38. The molecule has 0 bridgehead atoms. The minimum Gasteiger partial charge on any atom is -0.325 e. The Bertz CT molecular complexity index is 598. The first-order chi connectivity index (χ1) is 13.1. The maximum Gasteiger partial charge on any atom is 0.104 e. The van der Waals surface area contributed by atoms with E-state index in [1.807, 2.05) is 0 Å². The van der Waals surface area contributed by atoms with Gasteiger partial charge in [0.2, 0.25) is 0 Å². The maximum atomic E-state index is 2.38. The van der Waals surface area contributed by atoms with Crippen molar-refractivity contribution in [1.29, 1.82) is 0 Å². The molecule has 0 N–H and O–H groups in total. The Labute approximate surface area is 172 Å². The van der Waals surface area contributed by atoms with Crippen molar-refractivity contribution in [2.75, 3.05) is 20.6 Å². The molecule has 1 aromatic heterocycles. The van der Waals surface area contributed by atoms with Crippen LogP contribution >= 0.6 is 11.3 Å². The summed E-state index contributed by atoms with van der Waals surface area (Å²) >= 11 is 1.77. The normalized spacial score (nSPS) is 11.8. The van der Waals surface area contributed by atoms with Crippen molar-refractivity contribution in [2.45, 2.75) is 77.7 Å². The molecule has 0 saturated heterocycles. The number of quaternary nitrogens is 1. The number of benzene rings is 1. The van der Waals surface area contributed by atoms with Gasteiger partial charge < -0.3 is 4.48 Å². The van der Waals surface area contributed by atoms with E-state index in [2.05, 4.69) is 62.1 Å². The lowest BCUT2D eigenvalue weighted by molar-refractivity contribution is -0.903. The number of thiophene rings is 1. The van der Waals surface area contributed by atoms with E-state index in [1.165, 1.54) is 87.4 Å². The summed E-state index contributed by atoms with van der Waals surface area (Å²) in [4.78, 5) is 0. The van der Waals surface area contributed by atoms with Crippen LogP contribution in [0.2, 0.25) is 0 Å². The Kier molecular flexibility index (Phi) is 10.2. The molecule has 27 heavy (non-hydrogen) atoms. The molecule has 0 atom stereocenters. The van der Waals surface area contributed by atoms with E-state index in [0.717, 1.165) is 11.0 Å². The Hall–Kier alpha value is -1.12. The summed E-state index contributed by atoms with van der Waals surface area (Å²) in [6, 6.07) is 11.4. The number of nitrogens with zero attached hydrogens (tertiary/aromatic N) is 1. The summed E-state index contributed by atoms with van der Waals surface area (Å²) in [6.45, 7) is 4.70. The van der Waals surface area contributed by atoms with E-state index in [4.69, 9.17) is 0 Å². The van der Waals surface area contributed by atoms with E-state index < -0.39 is 0 Å². The highest BCUT2D eigenvalue weighted by atomic mass is 32.1. The molecular weight excluding hydrogens is 346 g/mol. The van der Waals surface area contributed by atoms with Crippen LogP contribution in [0, 0.1) is 0 Å². The SMILES string of the molecule is CCCCCCCCCCCC[N+](C)(C)Cc1ccc(-c2ccsc2)cc1. The van der Waals surface area contributed by atoms with Crippen molar-refractivity contribution < 1.29 is 4.48 Å². The van der Waals surface area contributed by atoms with Crippen molar-refractivity contribution in [3.05, 3.63) is 46.7 Å². The van der Waals surface area contributed by atoms with Crippen LogP contribution in [0.15, 0.2) is 41.1 Å². The molecule has 0 aliphatic rings. The third-order valence-electron chi connectivity index (χ3n) is 5.54. The molecule has 1 nitrogen and oxygen atoms in total. The average Bonchev–Trinajstić information content (AvgIpc) is 3.18. The second kappa shape index (κ2) is 12.4. The topological polar surface area (TPSA) is 0 Å². The molecule has 2 aromatic rings. The molecule has 0 aliphatic heterocycles. The van der Waals surface area contributed by atoms with Gasteiger partial charge in [0.1, 0.15) is 6.54 Å². The van der Waals surface area contributed by atoms with Gasteiger partial charge in [-0.2, -0.15) is 11.3 Å². The lowest BCUT2D eigenvalue weighted by atomic mass is 10.1. The van der Waals surface area contributed by atoms with Gasteiger partial charge in [0, 0.05) is 5.56 Å². The number of hydrogen-bond donors (Lipinski definition) is 0. The molecule has 150 valence electrons. The minimum absolute atomic E-state index is 1.09. The highest BCUT2D eigenvalue weighted by Crippen LogP contribution is 2.23. The van der Waals surface area contributed by atoms with Crippen molar-refractivity contribution in [1.82, 2.24) is 0 Å². The Morgan fingerprint density at radius 3 is 1.85 bits per heavy atom. The second-order valence-electron chi connectivity index (χ2n) is 8.71. The highest BCUT2D eigenvalue weighted by Gasteiger charge is 2.15. The standard InChI is InChI=1S/C25H40NS/c1-4-5-6-7-8-9-10-11-12-13-19-26(2,3)21-23-14-16-24(17-15-23)25-18-20-27-22-25/h14-18,20,22H,4-13,19,21H2,1-3H3/q+1. The molecule has 2 heteroatoms. The average molecular weight is 387 g/mol. The Morgan fingerprint density at radius 1 is 0.704 bits per heavy atom. The second-order valence-corrected chi connectivity index (χ2v) is 9.49. The fourth-order valence-corrected chi connectivity index (χ4v) is 4.50. The predicted molar refractivity (Wildman–Crippen MR) is 122 cm³/mol. The zero-order chi connectivity index (χ0) is 19.4. The summed E-state index contributed by atoms with van der Waals surface area (Å²) in [5.74, 6) is 0. The van der Waals surface area contributed by atoms with Crippen LogP contribution < -0.4 is 0 Å². The Morgan fingerprint density at radius 2 is 1.30 bits per heavy atom. The van der Waals surface area contributed by atoms with Crippen LogP contribution in [0.5, 0.6) is 0 Å². The first-order valence-corrected chi connectivity index (χ1v) is 12.0. The van der Waals surface area contributed by atoms with Crippen LogP contribution in [0.1, 0.15) is 76.7 Å². The van der Waals surface area contributed by atoms with E-state index in [1.54, 1.807) is 11.3 Å². The van der Waals surface area contributed by atoms with E-state index in [9.17, 15) is 0 Å². The molecule has 1 heterocycles. The van der Waals surface area contributed by atoms with Crippen molar-refractivity contribution in [2.24, 2.45) is 0 Å². The fourth-order valence-electron chi connectivity index (χ4n) is 3.83. The first-order valence-electron chi connectivity index (χ1n) is 11.0. The van der Waals surface area contributed by atoms with Gasteiger partial charge in [0.05, 0.1) is 20.6 Å². The fraction of sp³-hybridized carbons (Fsp3) is 0.600. The summed E-state index contributed by atoms with van der Waals surface area (Å²) in [5.41, 5.74) is 4.12. The van der Waals surface area contributed by atoms with Crippen LogP contribution in [0.4, 0.5) is 0 Å². The molecule has 0 radical (unpaired) electrons. The first kappa shape index (κ1) is 22.2. The van der Waals surface area contributed by atoms with Crippen LogP contribution in [-0.2, 0) is 6.54 Å². The third-order valence-corrected chi connectivity index (χ3v) is 6.22. The lowest BCUT2D eigenvalue weighted by Gasteiger charge is -2.30. The van der Waals surface area contributed by atoms with Gasteiger partial charge >= 0.3 is 0 Å². The molecule has 0 spiro atoms. The molecule has 0 saturated carbocycles. The highest BCUT2D eigenvalue weighted by molar-refractivity contribution is 7.08. The number of rotatable bonds is 14. The van der Waals surface area contributed by atoms with Crippen LogP contribution in [0.25, 0.3) is 11.1 Å². The van der Waals surface area contributed by atoms with E-state index in [0.29, 0.717) is 0 Å². The monoisotopic (exact) mass is 386 g/mol. The smallest absolute Gasteiger partial charge is 0.104 e. The van der Waals surface area contributed by atoms with Gasteiger partial charge in [-0.25, -0.2) is 0 Å². The quantitative estimate of drug-likeness (QED) is 0.228. The summed E-state index contributed by atoms with van der Waals surface area (Å²) < 4.78 is 1.09. The zero-order valence-electron chi connectivity index (χ0n) is 17.9. The Balaban J connectivity index is 1.59. The van der Waals surface area contributed by atoms with Gasteiger partial charge in [-0.15, -0.1) is 0 Å². The predicted octanol–water partition coefficient (Wildman–Crippen LogP) is 7.91. The molecular formula is C25H40NS+. The molecule has 2 rings (SSSR count). The van der Waals surface area contributed by atoms with Gasteiger partial charge in [0.15, 0.2) is 0 Å². The zero-order valence-corrected chi connectivity index (χ0v) is 18.7. The third kappa shape index (κ3) is 9.08. The van der Waals surface area contributed by atoms with Crippen molar-refractivity contribution in [3.8, 4) is 11.1 Å².